The van der Waals surface area contributed by atoms with E-state index in [2.05, 4.69) is 15.9 Å². The molecule has 4 aromatic rings. The zero-order valence-electron chi connectivity index (χ0n) is 16.6. The number of aromatic nitrogens is 3. The van der Waals surface area contributed by atoms with Gasteiger partial charge in [0, 0.05) is 29.1 Å². The van der Waals surface area contributed by atoms with E-state index in [4.69, 9.17) is 6.42 Å². The smallest absolute Gasteiger partial charge is 0.319 e. The molecule has 0 radical (unpaired) electrons. The monoisotopic (exact) mass is 451 g/mol. The van der Waals surface area contributed by atoms with Gasteiger partial charge in [-0.25, -0.2) is 9.97 Å². The number of terminal acetylenes is 1. The topological polar surface area (TPSA) is 47.8 Å². The second-order valence-electron chi connectivity index (χ2n) is 7.03. The lowest BCUT2D eigenvalue weighted by atomic mass is 10.0. The molecule has 160 valence electrons. The summed E-state index contributed by atoms with van der Waals surface area (Å²) in [6, 6.07) is 12.3. The van der Waals surface area contributed by atoms with Gasteiger partial charge < -0.3 is 4.57 Å². The molecule has 4 rings (SSSR count). The quantitative estimate of drug-likeness (QED) is 0.277. The minimum atomic E-state index is -4.45. The van der Waals surface area contributed by atoms with Crippen LogP contribution in [-0.2, 0) is 19.1 Å². The average molecular weight is 451 g/mol. The predicted molar refractivity (Wildman–Crippen MR) is 117 cm³/mol. The number of carbonyl (C=O) groups excluding carboxylic acids is 1. The number of hydrogen-bond donors (Lipinski definition) is 0. The third kappa shape index (κ3) is 4.63. The maximum absolute atomic E-state index is 13.1. The van der Waals surface area contributed by atoms with Gasteiger partial charge >= 0.3 is 6.18 Å². The third-order valence-electron chi connectivity index (χ3n) is 4.82. The van der Waals surface area contributed by atoms with Gasteiger partial charge in [-0.3, -0.25) is 4.79 Å². The highest BCUT2D eigenvalue weighted by Crippen LogP contribution is 2.33. The minimum absolute atomic E-state index is 0.0656. The number of ketones is 1. The van der Waals surface area contributed by atoms with Crippen LogP contribution in [0.5, 0.6) is 0 Å². The van der Waals surface area contributed by atoms with E-state index in [9.17, 15) is 18.0 Å². The lowest BCUT2D eigenvalue weighted by Crippen LogP contribution is -2.05. The van der Waals surface area contributed by atoms with E-state index in [1.165, 1.54) is 17.4 Å². The lowest BCUT2D eigenvalue weighted by Gasteiger charge is -2.09. The fourth-order valence-corrected chi connectivity index (χ4v) is 3.81. The number of halogens is 3. The van der Waals surface area contributed by atoms with Crippen molar-refractivity contribution < 1.29 is 18.0 Å². The van der Waals surface area contributed by atoms with E-state index in [0.717, 1.165) is 23.3 Å². The van der Waals surface area contributed by atoms with Crippen LogP contribution in [0.15, 0.2) is 65.6 Å². The summed E-state index contributed by atoms with van der Waals surface area (Å²) in [4.78, 5) is 20.8. The van der Waals surface area contributed by atoms with E-state index in [-0.39, 0.29) is 18.7 Å². The van der Waals surface area contributed by atoms with Gasteiger partial charge in [-0.15, -0.1) is 17.8 Å². The molecular weight excluding hydrogens is 435 g/mol. The Balaban J connectivity index is 1.62. The molecule has 0 aliphatic carbocycles. The molecule has 0 N–H and O–H groups in total. The first-order valence-electron chi connectivity index (χ1n) is 9.54. The Morgan fingerprint density at radius 1 is 1.12 bits per heavy atom. The maximum atomic E-state index is 13.1. The molecule has 0 atom stereocenters. The number of Topliss-reactive ketones (excluding diaryl/α,β-unsaturated/α-hetero) is 1. The highest BCUT2D eigenvalue weighted by Gasteiger charge is 2.30. The van der Waals surface area contributed by atoms with Gasteiger partial charge in [-0.1, -0.05) is 42.3 Å². The van der Waals surface area contributed by atoms with Crippen LogP contribution in [0.2, 0.25) is 0 Å². The molecular formula is C24H16F3N3OS. The largest absolute Gasteiger partial charge is 0.416 e. The fraction of sp³-hybridized carbons (Fsp3) is 0.125. The molecule has 0 amide bonds. The number of rotatable bonds is 6. The van der Waals surface area contributed by atoms with E-state index in [1.807, 2.05) is 24.3 Å². The second-order valence-corrected chi connectivity index (χ2v) is 7.75. The minimum Gasteiger partial charge on any atom is -0.319 e. The molecule has 0 fully saturated rings. The van der Waals surface area contributed by atoms with Gasteiger partial charge in [0.15, 0.2) is 5.78 Å². The van der Waals surface area contributed by atoms with Crippen molar-refractivity contribution in [2.45, 2.75) is 19.1 Å². The normalized spacial score (nSPS) is 11.3. The van der Waals surface area contributed by atoms with Gasteiger partial charge in [0.05, 0.1) is 23.3 Å². The Bertz CT molecular complexity index is 1280. The van der Waals surface area contributed by atoms with Crippen LogP contribution in [0.1, 0.15) is 21.6 Å². The summed E-state index contributed by atoms with van der Waals surface area (Å²) in [5.74, 6) is 2.79. The van der Waals surface area contributed by atoms with E-state index < -0.39 is 11.7 Å². The van der Waals surface area contributed by atoms with Crippen LogP contribution in [-0.4, -0.2) is 20.3 Å². The number of alkyl halides is 3. The first-order valence-corrected chi connectivity index (χ1v) is 10.5. The van der Waals surface area contributed by atoms with Crippen LogP contribution in [0.3, 0.4) is 0 Å². The Morgan fingerprint density at radius 3 is 2.56 bits per heavy atom. The maximum Gasteiger partial charge on any atom is 0.416 e. The first kappa shape index (κ1) is 21.5. The molecule has 0 spiro atoms. The fourth-order valence-electron chi connectivity index (χ4n) is 3.26. The predicted octanol–water partition coefficient (Wildman–Crippen LogP) is 5.75. The number of hydrogen-bond acceptors (Lipinski definition) is 4. The molecule has 0 aliphatic heterocycles. The molecule has 2 aromatic heterocycles. The molecule has 0 unspecified atom stereocenters. The molecule has 2 heterocycles. The number of benzene rings is 2. The summed E-state index contributed by atoms with van der Waals surface area (Å²) in [6.45, 7) is 0.165. The third-order valence-corrected chi connectivity index (χ3v) is 5.41. The van der Waals surface area contributed by atoms with E-state index in [0.29, 0.717) is 22.8 Å². The van der Waals surface area contributed by atoms with Crippen molar-refractivity contribution in [2.24, 2.45) is 0 Å². The van der Waals surface area contributed by atoms with Crippen molar-refractivity contribution in [1.82, 2.24) is 14.5 Å². The molecule has 0 saturated carbocycles. The summed E-state index contributed by atoms with van der Waals surface area (Å²) in [5.41, 5.74) is 3.80. The highest BCUT2D eigenvalue weighted by molar-refractivity contribution is 7.07. The molecule has 0 bridgehead atoms. The second kappa shape index (κ2) is 8.81. The van der Waals surface area contributed by atoms with E-state index in [1.54, 1.807) is 27.7 Å². The van der Waals surface area contributed by atoms with Crippen molar-refractivity contribution in [3.63, 3.8) is 0 Å². The molecule has 0 aliphatic rings. The van der Waals surface area contributed by atoms with Crippen molar-refractivity contribution in [2.75, 3.05) is 0 Å². The molecule has 2 aromatic carbocycles. The summed E-state index contributed by atoms with van der Waals surface area (Å²) in [5, 5.41) is 1.71. The SMILES string of the molecule is C#CCn1cc(-c2ccc(CC(=O)c3cscn3)cc2)nc1-c1cccc(C(F)(F)F)c1. The highest BCUT2D eigenvalue weighted by atomic mass is 32.1. The molecule has 0 saturated heterocycles. The van der Waals surface area contributed by atoms with Crippen molar-refractivity contribution in [3.05, 3.63) is 82.4 Å². The summed E-state index contributed by atoms with van der Waals surface area (Å²) in [7, 11) is 0. The molecule has 32 heavy (non-hydrogen) atoms. The van der Waals surface area contributed by atoms with Crippen LogP contribution >= 0.6 is 11.3 Å². The van der Waals surface area contributed by atoms with Crippen LogP contribution in [0, 0.1) is 12.3 Å². The number of thiazole rings is 1. The van der Waals surface area contributed by atoms with Gasteiger partial charge in [-0.05, 0) is 17.7 Å². The molecule has 8 heteroatoms. The first-order chi connectivity index (χ1) is 15.3. The summed E-state index contributed by atoms with van der Waals surface area (Å²) >= 11 is 1.37. The number of carbonyl (C=O) groups is 1. The Labute approximate surface area is 186 Å². The van der Waals surface area contributed by atoms with Crippen LogP contribution in [0.4, 0.5) is 13.2 Å². The van der Waals surface area contributed by atoms with Crippen molar-refractivity contribution in [1.29, 1.82) is 0 Å². The lowest BCUT2D eigenvalue weighted by molar-refractivity contribution is -0.137. The van der Waals surface area contributed by atoms with E-state index >= 15 is 0 Å². The Hall–Kier alpha value is -3.70. The number of nitrogens with zero attached hydrogens (tertiary/aromatic N) is 3. The van der Waals surface area contributed by atoms with Gasteiger partial charge in [0.1, 0.15) is 11.5 Å². The van der Waals surface area contributed by atoms with Gasteiger partial charge in [0.2, 0.25) is 0 Å². The van der Waals surface area contributed by atoms with Gasteiger partial charge in [-0.2, -0.15) is 13.2 Å². The summed E-state index contributed by atoms with van der Waals surface area (Å²) < 4.78 is 41.0. The zero-order chi connectivity index (χ0) is 22.7. The summed E-state index contributed by atoms with van der Waals surface area (Å²) in [6.07, 6.45) is 2.94. The zero-order valence-corrected chi connectivity index (χ0v) is 17.5. The Kier molecular flexibility index (Phi) is 5.93. The van der Waals surface area contributed by atoms with Crippen LogP contribution in [0.25, 0.3) is 22.6 Å². The van der Waals surface area contributed by atoms with Crippen molar-refractivity contribution in [3.8, 4) is 35.0 Å². The standard InChI is InChI=1S/C24H16F3N3OS/c1-2-10-30-13-20(29-23(30)18-4-3-5-19(12-18)24(25,26)27)17-8-6-16(7-9-17)11-22(31)21-14-32-15-28-21/h1,3-9,12-15H,10-11H2. The molecule has 4 nitrogen and oxygen atoms in total. The Morgan fingerprint density at radius 2 is 1.91 bits per heavy atom. The van der Waals surface area contributed by atoms with Crippen molar-refractivity contribution >= 4 is 17.1 Å². The van der Waals surface area contributed by atoms with Gasteiger partial charge in [0.25, 0.3) is 0 Å². The van der Waals surface area contributed by atoms with Crippen LogP contribution < -0.4 is 0 Å². The number of imidazole rings is 1. The average Bonchev–Trinajstić information content (AvgIpc) is 3.45.